The molecule has 1 atom stereocenters. The average molecular weight is 892 g/mol. The zero-order valence-corrected chi connectivity index (χ0v) is 43.2. The largest absolute Gasteiger partial charge is 0.462 e. The minimum Gasteiger partial charge on any atom is -0.462 e. The van der Waals surface area contributed by atoms with Gasteiger partial charge in [-0.3, -0.25) is 14.4 Å². The van der Waals surface area contributed by atoms with Crippen molar-refractivity contribution in [3.8, 4) is 0 Å². The van der Waals surface area contributed by atoms with Crippen LogP contribution in [0.5, 0.6) is 0 Å². The van der Waals surface area contributed by atoms with Crippen molar-refractivity contribution in [3.63, 3.8) is 0 Å². The monoisotopic (exact) mass is 891 g/mol. The highest BCUT2D eigenvalue weighted by atomic mass is 16.6. The maximum absolute atomic E-state index is 12.8. The zero-order valence-electron chi connectivity index (χ0n) is 43.2. The molecule has 0 saturated heterocycles. The van der Waals surface area contributed by atoms with Crippen molar-refractivity contribution in [2.24, 2.45) is 11.8 Å². The molecule has 0 aliphatic heterocycles. The van der Waals surface area contributed by atoms with Gasteiger partial charge in [-0.15, -0.1) is 0 Å². The molecule has 6 heteroatoms. The summed E-state index contributed by atoms with van der Waals surface area (Å²) in [5.74, 6) is 0.802. The smallest absolute Gasteiger partial charge is 0.306 e. The molecule has 0 spiro atoms. The number of ether oxygens (including phenoxy) is 3. The molecule has 63 heavy (non-hydrogen) atoms. The first-order valence-corrected chi connectivity index (χ1v) is 28.2. The molecule has 0 fully saturated rings. The van der Waals surface area contributed by atoms with Crippen molar-refractivity contribution in [1.29, 1.82) is 0 Å². The summed E-state index contributed by atoms with van der Waals surface area (Å²) in [6.45, 7) is 11.4. The molecule has 0 rings (SSSR count). The third kappa shape index (κ3) is 51.3. The van der Waals surface area contributed by atoms with Crippen molar-refractivity contribution in [1.82, 2.24) is 0 Å². The fourth-order valence-corrected chi connectivity index (χ4v) is 8.70. The second-order valence-corrected chi connectivity index (χ2v) is 20.5. The van der Waals surface area contributed by atoms with Crippen LogP contribution in [0.1, 0.15) is 317 Å². The summed E-state index contributed by atoms with van der Waals surface area (Å²) < 4.78 is 16.9. The summed E-state index contributed by atoms with van der Waals surface area (Å²) in [5.41, 5.74) is 0. The number of esters is 3. The molecule has 0 aromatic rings. The van der Waals surface area contributed by atoms with Gasteiger partial charge in [0.05, 0.1) is 0 Å². The van der Waals surface area contributed by atoms with Gasteiger partial charge in [-0.1, -0.05) is 279 Å². The second kappa shape index (κ2) is 49.8. The average Bonchev–Trinajstić information content (AvgIpc) is 3.25. The Morgan fingerprint density at radius 1 is 0.302 bits per heavy atom. The van der Waals surface area contributed by atoms with Crippen molar-refractivity contribution >= 4 is 17.9 Å². The van der Waals surface area contributed by atoms with Gasteiger partial charge >= 0.3 is 17.9 Å². The molecule has 0 aromatic heterocycles. The molecule has 0 radical (unpaired) electrons. The SMILES string of the molecule is CCCCCCCCCCCCCCCCCCC(=O)O[C@@H](COC(=O)CCCCCCCCCCCCCCCCCC(C)C)COC(=O)CCCCCCCCCCC(C)C. The summed E-state index contributed by atoms with van der Waals surface area (Å²) in [7, 11) is 0. The van der Waals surface area contributed by atoms with Gasteiger partial charge in [0.25, 0.3) is 0 Å². The van der Waals surface area contributed by atoms with Gasteiger partial charge in [0.1, 0.15) is 13.2 Å². The van der Waals surface area contributed by atoms with Crippen LogP contribution in [0.25, 0.3) is 0 Å². The van der Waals surface area contributed by atoms with E-state index < -0.39 is 6.10 Å². The van der Waals surface area contributed by atoms with Crippen LogP contribution in [0.15, 0.2) is 0 Å². The second-order valence-electron chi connectivity index (χ2n) is 20.5. The highest BCUT2D eigenvalue weighted by Gasteiger charge is 2.19. The predicted octanol–water partition coefficient (Wildman–Crippen LogP) is 18.5. The van der Waals surface area contributed by atoms with Crippen molar-refractivity contribution in [2.45, 2.75) is 323 Å². The van der Waals surface area contributed by atoms with E-state index >= 15 is 0 Å². The number of unbranched alkanes of at least 4 members (excludes halogenated alkanes) is 36. The molecular weight excluding hydrogens is 781 g/mol. The van der Waals surface area contributed by atoms with E-state index in [1.807, 2.05) is 0 Å². The lowest BCUT2D eigenvalue weighted by Gasteiger charge is -2.18. The first-order chi connectivity index (χ1) is 30.7. The standard InChI is InChI=1S/C57H110O6/c1-6-7-8-9-10-11-12-13-14-17-21-24-27-34-39-44-49-57(60)63-54(51-62-56(59)48-43-38-33-29-28-31-36-41-46-53(4)5)50-61-55(58)47-42-37-32-26-23-20-18-15-16-19-22-25-30-35-40-45-52(2)3/h52-54H,6-51H2,1-5H3/t54-/m0/s1. The third-order valence-electron chi connectivity index (χ3n) is 13.0. The van der Waals surface area contributed by atoms with Crippen molar-refractivity contribution in [3.05, 3.63) is 0 Å². The van der Waals surface area contributed by atoms with E-state index in [9.17, 15) is 14.4 Å². The molecule has 0 bridgehead atoms. The van der Waals surface area contributed by atoms with Crippen LogP contribution in [0.3, 0.4) is 0 Å². The highest BCUT2D eigenvalue weighted by molar-refractivity contribution is 5.71. The maximum Gasteiger partial charge on any atom is 0.306 e. The van der Waals surface area contributed by atoms with E-state index in [1.165, 1.54) is 205 Å². The van der Waals surface area contributed by atoms with Crippen LogP contribution >= 0.6 is 0 Å². The Labute approximate surface area is 393 Å². The molecular formula is C57H110O6. The van der Waals surface area contributed by atoms with Gasteiger partial charge < -0.3 is 14.2 Å². The molecule has 374 valence electrons. The van der Waals surface area contributed by atoms with E-state index in [-0.39, 0.29) is 31.1 Å². The molecule has 0 aromatic carbocycles. The van der Waals surface area contributed by atoms with Gasteiger partial charge in [-0.2, -0.15) is 0 Å². The quantitative estimate of drug-likeness (QED) is 0.0344. The van der Waals surface area contributed by atoms with E-state index in [1.54, 1.807) is 0 Å². The van der Waals surface area contributed by atoms with E-state index in [0.717, 1.165) is 69.6 Å². The van der Waals surface area contributed by atoms with E-state index in [4.69, 9.17) is 14.2 Å². The molecule has 0 aliphatic rings. The van der Waals surface area contributed by atoms with Crippen LogP contribution in [0.2, 0.25) is 0 Å². The lowest BCUT2D eigenvalue weighted by atomic mass is 10.0. The summed E-state index contributed by atoms with van der Waals surface area (Å²) in [6.07, 6.45) is 52.4. The van der Waals surface area contributed by atoms with Crippen LogP contribution in [-0.4, -0.2) is 37.2 Å². The van der Waals surface area contributed by atoms with Crippen LogP contribution in [0, 0.1) is 11.8 Å². The summed E-state index contributed by atoms with van der Waals surface area (Å²) in [5, 5.41) is 0. The fourth-order valence-electron chi connectivity index (χ4n) is 8.70. The van der Waals surface area contributed by atoms with E-state index in [0.29, 0.717) is 19.3 Å². The Bertz CT molecular complexity index is 962. The molecule has 0 amide bonds. The normalized spacial score (nSPS) is 12.0. The molecule has 0 unspecified atom stereocenters. The van der Waals surface area contributed by atoms with Gasteiger partial charge in [0, 0.05) is 19.3 Å². The molecule has 0 heterocycles. The number of carbonyl (C=O) groups excluding carboxylic acids is 3. The minimum absolute atomic E-state index is 0.0632. The molecule has 0 N–H and O–H groups in total. The Balaban J connectivity index is 4.27. The predicted molar refractivity (Wildman–Crippen MR) is 270 cm³/mol. The van der Waals surface area contributed by atoms with E-state index in [2.05, 4.69) is 34.6 Å². The topological polar surface area (TPSA) is 78.9 Å². The van der Waals surface area contributed by atoms with Crippen molar-refractivity contribution in [2.75, 3.05) is 13.2 Å². The molecule has 0 saturated carbocycles. The number of carbonyl (C=O) groups is 3. The lowest BCUT2D eigenvalue weighted by Crippen LogP contribution is -2.30. The van der Waals surface area contributed by atoms with Crippen molar-refractivity contribution < 1.29 is 28.6 Å². The van der Waals surface area contributed by atoms with Gasteiger partial charge in [0.15, 0.2) is 6.10 Å². The number of rotatable bonds is 51. The summed E-state index contributed by atoms with van der Waals surface area (Å²) in [4.78, 5) is 38.1. The Hall–Kier alpha value is -1.59. The first-order valence-electron chi connectivity index (χ1n) is 28.2. The first kappa shape index (κ1) is 61.4. The molecule has 6 nitrogen and oxygen atoms in total. The molecule has 0 aliphatic carbocycles. The Morgan fingerprint density at radius 3 is 0.778 bits per heavy atom. The Kier molecular flexibility index (Phi) is 48.6. The van der Waals surface area contributed by atoms with Crippen LogP contribution < -0.4 is 0 Å². The summed E-state index contributed by atoms with van der Waals surface area (Å²) >= 11 is 0. The zero-order chi connectivity index (χ0) is 46.1. The lowest BCUT2D eigenvalue weighted by molar-refractivity contribution is -0.167. The summed E-state index contributed by atoms with van der Waals surface area (Å²) in [6, 6.07) is 0. The Morgan fingerprint density at radius 2 is 0.524 bits per heavy atom. The number of hydrogen-bond acceptors (Lipinski definition) is 6. The van der Waals surface area contributed by atoms with Gasteiger partial charge in [-0.05, 0) is 31.1 Å². The maximum atomic E-state index is 12.8. The third-order valence-corrected chi connectivity index (χ3v) is 13.0. The van der Waals surface area contributed by atoms with Gasteiger partial charge in [-0.25, -0.2) is 0 Å². The minimum atomic E-state index is -0.762. The van der Waals surface area contributed by atoms with Crippen LogP contribution in [0.4, 0.5) is 0 Å². The number of hydrogen-bond donors (Lipinski definition) is 0. The fraction of sp³-hybridized carbons (Fsp3) is 0.947. The van der Waals surface area contributed by atoms with Crippen LogP contribution in [-0.2, 0) is 28.6 Å². The highest BCUT2D eigenvalue weighted by Crippen LogP contribution is 2.18. The van der Waals surface area contributed by atoms with Gasteiger partial charge in [0.2, 0.25) is 0 Å².